The van der Waals surface area contributed by atoms with Crippen LogP contribution in [0.15, 0.2) is 34.4 Å². The number of ether oxygens (including phenoxy) is 1. The summed E-state index contributed by atoms with van der Waals surface area (Å²) in [6, 6.07) is 5.37. The molecule has 0 saturated carbocycles. The van der Waals surface area contributed by atoms with Crippen molar-refractivity contribution in [2.45, 2.75) is 13.8 Å². The van der Waals surface area contributed by atoms with Crippen LogP contribution in [0, 0.1) is 6.92 Å². The number of hydrogen-bond acceptors (Lipinski definition) is 5. The number of aromatic nitrogens is 2. The molecule has 1 aliphatic rings. The third-order valence-corrected chi connectivity index (χ3v) is 4.48. The molecule has 1 aliphatic heterocycles. The number of hydrogen-bond donors (Lipinski definition) is 1. The number of nitrogens with zero attached hydrogens (tertiary/aromatic N) is 3. The molecule has 0 saturated heterocycles. The number of fused-ring (bicyclic) bond motifs is 1. The van der Waals surface area contributed by atoms with Gasteiger partial charge in [-0.2, -0.15) is 13.5 Å². The maximum absolute atomic E-state index is 11.9. The van der Waals surface area contributed by atoms with Crippen molar-refractivity contribution in [1.29, 1.82) is 0 Å². The first-order valence-electron chi connectivity index (χ1n) is 7.26. The van der Waals surface area contributed by atoms with Gasteiger partial charge in [-0.15, -0.1) is 4.40 Å². The van der Waals surface area contributed by atoms with Gasteiger partial charge in [0.1, 0.15) is 5.70 Å². The Balaban J connectivity index is 2.11. The molecule has 8 nitrogen and oxygen atoms in total. The lowest BCUT2D eigenvalue weighted by Gasteiger charge is -2.14. The number of allylic oxidation sites excluding steroid dienone is 1. The molecule has 0 amide bonds. The highest BCUT2D eigenvalue weighted by Gasteiger charge is 2.24. The molecule has 2 heterocycles. The van der Waals surface area contributed by atoms with E-state index in [1.54, 1.807) is 23.7 Å². The van der Waals surface area contributed by atoms with E-state index < -0.39 is 16.2 Å². The zero-order valence-corrected chi connectivity index (χ0v) is 14.2. The van der Waals surface area contributed by atoms with E-state index in [2.05, 4.69) is 14.2 Å². The fraction of sp³-hybridized carbons (Fsp3) is 0.267. The molecule has 3 rings (SSSR count). The largest absolute Gasteiger partial charge is 0.461 e. The molecule has 1 N–H and O–H groups in total. The van der Waals surface area contributed by atoms with Crippen LogP contribution in [0.5, 0.6) is 0 Å². The van der Waals surface area contributed by atoms with Gasteiger partial charge < -0.3 is 4.74 Å². The molecule has 0 fully saturated rings. The number of nitrogens with one attached hydrogen (secondary N) is 1. The van der Waals surface area contributed by atoms with Gasteiger partial charge in [0.25, 0.3) is 0 Å². The molecule has 1 aromatic heterocycles. The number of aryl methyl sites for hydroxylation is 2. The molecule has 0 aliphatic carbocycles. The van der Waals surface area contributed by atoms with Crippen LogP contribution in [0.4, 0.5) is 0 Å². The minimum absolute atomic E-state index is 0.144. The molecule has 9 heteroatoms. The van der Waals surface area contributed by atoms with Gasteiger partial charge in [0, 0.05) is 18.0 Å². The van der Waals surface area contributed by atoms with Crippen LogP contribution >= 0.6 is 0 Å². The van der Waals surface area contributed by atoms with E-state index in [4.69, 9.17) is 4.74 Å². The summed E-state index contributed by atoms with van der Waals surface area (Å²) in [5.41, 5.74) is 2.32. The quantitative estimate of drug-likeness (QED) is 0.833. The lowest BCUT2D eigenvalue weighted by molar-refractivity contribution is -0.138. The zero-order chi connectivity index (χ0) is 17.5. The van der Waals surface area contributed by atoms with Gasteiger partial charge in [-0.1, -0.05) is 6.07 Å². The number of benzene rings is 1. The lowest BCUT2D eigenvalue weighted by Crippen LogP contribution is -2.32. The molecular formula is C15H16N4O4S. The van der Waals surface area contributed by atoms with Crippen LogP contribution in [-0.4, -0.2) is 36.5 Å². The Hall–Kier alpha value is -2.68. The maximum atomic E-state index is 11.9. The van der Waals surface area contributed by atoms with E-state index >= 15 is 0 Å². The second-order valence-electron chi connectivity index (χ2n) is 5.27. The SMILES string of the molecule is CCOC(=O)C1=CC(c2ccc3c(c2)c(C)nn3C)=NS(=O)(=O)N1. The van der Waals surface area contributed by atoms with E-state index in [1.807, 2.05) is 20.0 Å². The molecule has 0 unspecified atom stereocenters. The van der Waals surface area contributed by atoms with Crippen LogP contribution in [0.3, 0.4) is 0 Å². The van der Waals surface area contributed by atoms with E-state index in [1.165, 1.54) is 6.08 Å². The molecule has 0 bridgehead atoms. The lowest BCUT2D eigenvalue weighted by atomic mass is 10.1. The highest BCUT2D eigenvalue weighted by Crippen LogP contribution is 2.21. The van der Waals surface area contributed by atoms with Crippen LogP contribution in [0.2, 0.25) is 0 Å². The predicted molar refractivity (Wildman–Crippen MR) is 88.8 cm³/mol. The fourth-order valence-corrected chi connectivity index (χ4v) is 3.41. The minimum Gasteiger partial charge on any atom is -0.461 e. The number of rotatable bonds is 3. The predicted octanol–water partition coefficient (Wildman–Crippen LogP) is 0.966. The standard InChI is InChI=1S/C15H16N4O4S/c1-4-23-15(20)13-8-12(17-24(21,22)18-13)10-5-6-14-11(7-10)9(2)16-19(14)3/h5-8,18H,4H2,1-3H3. The summed E-state index contributed by atoms with van der Waals surface area (Å²) in [6.07, 6.45) is 1.37. The maximum Gasteiger partial charge on any atom is 0.355 e. The van der Waals surface area contributed by atoms with Gasteiger partial charge in [-0.25, -0.2) is 4.79 Å². The summed E-state index contributed by atoms with van der Waals surface area (Å²) >= 11 is 0. The van der Waals surface area contributed by atoms with Crippen LogP contribution in [0.1, 0.15) is 18.2 Å². The molecule has 24 heavy (non-hydrogen) atoms. The summed E-state index contributed by atoms with van der Waals surface area (Å²) in [5.74, 6) is -0.743. The molecular weight excluding hydrogens is 332 g/mol. The van der Waals surface area contributed by atoms with Crippen molar-refractivity contribution in [2.75, 3.05) is 6.61 Å². The second kappa shape index (κ2) is 5.75. The Kier molecular flexibility index (Phi) is 3.88. The van der Waals surface area contributed by atoms with Crippen molar-refractivity contribution >= 4 is 32.8 Å². The van der Waals surface area contributed by atoms with Gasteiger partial charge >= 0.3 is 16.2 Å². The minimum atomic E-state index is -4.00. The molecule has 2 aromatic rings. The van der Waals surface area contributed by atoms with Gasteiger partial charge in [-0.3, -0.25) is 9.40 Å². The van der Waals surface area contributed by atoms with Crippen molar-refractivity contribution in [3.05, 3.63) is 41.2 Å². The molecule has 0 atom stereocenters. The van der Waals surface area contributed by atoms with E-state index in [0.29, 0.717) is 5.56 Å². The molecule has 0 spiro atoms. The summed E-state index contributed by atoms with van der Waals surface area (Å²) in [5, 5.41) is 5.22. The first-order valence-corrected chi connectivity index (χ1v) is 8.70. The number of carbonyl (C=O) groups is 1. The van der Waals surface area contributed by atoms with Crippen molar-refractivity contribution in [3.8, 4) is 0 Å². The second-order valence-corrected chi connectivity index (χ2v) is 6.61. The topological polar surface area (TPSA) is 103 Å². The average Bonchev–Trinajstić information content (AvgIpc) is 2.80. The van der Waals surface area contributed by atoms with Gasteiger partial charge in [0.2, 0.25) is 0 Å². The van der Waals surface area contributed by atoms with Gasteiger partial charge in [-0.05, 0) is 32.1 Å². The fourth-order valence-electron chi connectivity index (χ4n) is 2.53. The first kappa shape index (κ1) is 16.2. The zero-order valence-electron chi connectivity index (χ0n) is 13.4. The van der Waals surface area contributed by atoms with Crippen LogP contribution < -0.4 is 4.72 Å². The third kappa shape index (κ3) is 2.90. The average molecular weight is 348 g/mol. The Labute approximate surface area is 139 Å². The van der Waals surface area contributed by atoms with E-state index in [-0.39, 0.29) is 18.0 Å². The Morgan fingerprint density at radius 2 is 2.12 bits per heavy atom. The monoisotopic (exact) mass is 348 g/mol. The highest BCUT2D eigenvalue weighted by atomic mass is 32.2. The Morgan fingerprint density at radius 1 is 1.38 bits per heavy atom. The highest BCUT2D eigenvalue weighted by molar-refractivity contribution is 7.88. The molecule has 1 aromatic carbocycles. The van der Waals surface area contributed by atoms with Gasteiger partial charge in [0.05, 0.1) is 23.5 Å². The van der Waals surface area contributed by atoms with Crippen molar-refractivity contribution in [1.82, 2.24) is 14.5 Å². The molecule has 126 valence electrons. The van der Waals surface area contributed by atoms with E-state index in [9.17, 15) is 13.2 Å². The smallest absolute Gasteiger partial charge is 0.355 e. The first-order chi connectivity index (χ1) is 11.3. The summed E-state index contributed by atoms with van der Waals surface area (Å²) in [4.78, 5) is 11.8. The number of esters is 1. The normalized spacial score (nSPS) is 16.3. The summed E-state index contributed by atoms with van der Waals surface area (Å²) in [7, 11) is -2.17. The van der Waals surface area contributed by atoms with Crippen LogP contribution in [-0.2, 0) is 26.8 Å². The van der Waals surface area contributed by atoms with Crippen molar-refractivity contribution < 1.29 is 17.9 Å². The van der Waals surface area contributed by atoms with Crippen molar-refractivity contribution in [3.63, 3.8) is 0 Å². The Bertz CT molecular complexity index is 1000. The van der Waals surface area contributed by atoms with Crippen LogP contribution in [0.25, 0.3) is 10.9 Å². The van der Waals surface area contributed by atoms with Gasteiger partial charge in [0.15, 0.2) is 0 Å². The number of carbonyl (C=O) groups excluding carboxylic acids is 1. The Morgan fingerprint density at radius 3 is 2.83 bits per heavy atom. The van der Waals surface area contributed by atoms with E-state index in [0.717, 1.165) is 16.6 Å². The summed E-state index contributed by atoms with van der Waals surface area (Å²) < 4.78 is 36.2. The summed E-state index contributed by atoms with van der Waals surface area (Å²) in [6.45, 7) is 3.65. The third-order valence-electron chi connectivity index (χ3n) is 3.56. The molecule has 0 radical (unpaired) electrons. The van der Waals surface area contributed by atoms with Crippen molar-refractivity contribution in [2.24, 2.45) is 11.4 Å².